The second-order valence-corrected chi connectivity index (χ2v) is 11.5. The molecule has 6 rings (SSSR count). The Labute approximate surface area is 208 Å². The van der Waals surface area contributed by atoms with Gasteiger partial charge in [0.05, 0.1) is 18.3 Å². The van der Waals surface area contributed by atoms with Crippen LogP contribution in [0.4, 0.5) is 14.3 Å². The lowest BCUT2D eigenvalue weighted by Gasteiger charge is -2.58. The van der Waals surface area contributed by atoms with E-state index in [9.17, 15) is 9.18 Å². The summed E-state index contributed by atoms with van der Waals surface area (Å²) in [6.45, 7) is 8.57. The van der Waals surface area contributed by atoms with E-state index >= 15 is 0 Å². The van der Waals surface area contributed by atoms with E-state index in [1.165, 1.54) is 29.2 Å². The normalized spacial score (nSPS) is 24.4. The molecule has 3 fully saturated rings. The van der Waals surface area contributed by atoms with E-state index in [0.717, 1.165) is 42.4 Å². The van der Waals surface area contributed by atoms with Gasteiger partial charge in [-0.2, -0.15) is 0 Å². The molecular formula is C26H30FN5O2S. The fraction of sp³-hybridized carbons (Fsp3) is 0.500. The van der Waals surface area contributed by atoms with E-state index < -0.39 is 0 Å². The minimum Gasteiger partial charge on any atom is -0.446 e. The number of rotatable bonds is 4. The zero-order valence-corrected chi connectivity index (χ0v) is 20.9. The van der Waals surface area contributed by atoms with Gasteiger partial charge in [0.1, 0.15) is 22.3 Å². The number of likely N-dealkylation sites (tertiary alicyclic amines) is 1. The van der Waals surface area contributed by atoms with Crippen LogP contribution in [0.1, 0.15) is 32.3 Å². The predicted octanol–water partition coefficient (Wildman–Crippen LogP) is 4.53. The molecule has 0 radical (unpaired) electrons. The van der Waals surface area contributed by atoms with Crippen LogP contribution in [0.25, 0.3) is 10.3 Å². The number of halogens is 1. The molecule has 7 nitrogen and oxygen atoms in total. The molecule has 0 N–H and O–H groups in total. The van der Waals surface area contributed by atoms with E-state index in [-0.39, 0.29) is 30.1 Å². The van der Waals surface area contributed by atoms with Gasteiger partial charge in [-0.05, 0) is 32.3 Å². The average Bonchev–Trinajstić information content (AvgIpc) is 3.19. The van der Waals surface area contributed by atoms with Crippen LogP contribution in [0.5, 0.6) is 0 Å². The van der Waals surface area contributed by atoms with Crippen molar-refractivity contribution >= 4 is 32.9 Å². The molecule has 4 heterocycles. The fourth-order valence-electron chi connectivity index (χ4n) is 6.07. The molecule has 2 saturated heterocycles. The van der Waals surface area contributed by atoms with Crippen molar-refractivity contribution in [3.8, 4) is 0 Å². The van der Waals surface area contributed by atoms with Gasteiger partial charge in [0, 0.05) is 44.2 Å². The summed E-state index contributed by atoms with van der Waals surface area (Å²) in [5.41, 5.74) is 2.25. The Morgan fingerprint density at radius 2 is 1.89 bits per heavy atom. The van der Waals surface area contributed by atoms with E-state index in [1.54, 1.807) is 0 Å². The first-order chi connectivity index (χ1) is 16.9. The summed E-state index contributed by atoms with van der Waals surface area (Å²) < 4.78 is 19.4. The number of hydrogen-bond acceptors (Lipinski definition) is 7. The molecule has 3 aromatic rings. The van der Waals surface area contributed by atoms with Gasteiger partial charge < -0.3 is 9.64 Å². The lowest BCUT2D eigenvalue weighted by Crippen LogP contribution is -2.64. The van der Waals surface area contributed by atoms with E-state index in [0.29, 0.717) is 24.0 Å². The van der Waals surface area contributed by atoms with Crippen molar-refractivity contribution in [2.75, 3.05) is 31.1 Å². The molecule has 2 aromatic heterocycles. The lowest BCUT2D eigenvalue weighted by atomic mass is 9.61. The Kier molecular flexibility index (Phi) is 5.64. The molecule has 3 aliphatic rings. The highest BCUT2D eigenvalue weighted by Gasteiger charge is 2.54. The first kappa shape index (κ1) is 22.7. The topological polar surface area (TPSA) is 61.8 Å². The van der Waals surface area contributed by atoms with E-state index in [1.807, 2.05) is 24.8 Å². The Bertz CT molecular complexity index is 1210. The van der Waals surface area contributed by atoms with Crippen molar-refractivity contribution < 1.29 is 13.9 Å². The van der Waals surface area contributed by atoms with Gasteiger partial charge >= 0.3 is 6.09 Å². The van der Waals surface area contributed by atoms with Crippen molar-refractivity contribution in [3.05, 3.63) is 54.0 Å². The van der Waals surface area contributed by atoms with Crippen LogP contribution in [0.15, 0.2) is 42.6 Å². The zero-order chi connectivity index (χ0) is 24.2. The van der Waals surface area contributed by atoms with Crippen molar-refractivity contribution in [3.63, 3.8) is 0 Å². The third kappa shape index (κ3) is 4.36. The molecule has 2 atom stereocenters. The quantitative estimate of drug-likeness (QED) is 0.530. The maximum Gasteiger partial charge on any atom is 0.410 e. The number of carbonyl (C=O) groups is 1. The summed E-state index contributed by atoms with van der Waals surface area (Å²) in [5.74, 6) is -0.382. The van der Waals surface area contributed by atoms with Crippen LogP contribution < -0.4 is 4.90 Å². The second kappa shape index (κ2) is 8.71. The number of fused-ring (bicyclic) bond motifs is 1. The largest absolute Gasteiger partial charge is 0.446 e. The zero-order valence-electron chi connectivity index (χ0n) is 20.1. The molecule has 1 aromatic carbocycles. The maximum absolute atomic E-state index is 13.5. The van der Waals surface area contributed by atoms with Gasteiger partial charge in [0.2, 0.25) is 0 Å². The maximum atomic E-state index is 13.5. The van der Waals surface area contributed by atoms with Crippen LogP contribution in [0.3, 0.4) is 0 Å². The Morgan fingerprint density at radius 1 is 1.17 bits per heavy atom. The minimum atomic E-state index is -0.382. The number of thiazole rings is 1. The third-order valence-electron chi connectivity index (χ3n) is 7.56. The molecule has 1 amide bonds. The van der Waals surface area contributed by atoms with Crippen LogP contribution in [0, 0.1) is 11.2 Å². The standard InChI is InChI=1S/C26H30FN5O2S/c1-17-12-31(24-29-22-8-20(27)11-28-23(22)35-24)13-18(2)32(17)25(33)34-21-9-26(10-21)15-30(16-26)14-19-6-4-3-5-7-19/h3-8,11,17-18,21H,9-10,12-16H2,1-2H3/t17-,18+. The molecular weight excluding hydrogens is 465 g/mol. The number of benzene rings is 1. The van der Waals surface area contributed by atoms with Gasteiger partial charge in [-0.25, -0.2) is 19.2 Å². The number of amides is 1. The van der Waals surface area contributed by atoms with Gasteiger partial charge in [0.25, 0.3) is 0 Å². The highest BCUT2D eigenvalue weighted by Crippen LogP contribution is 2.50. The highest BCUT2D eigenvalue weighted by molar-refractivity contribution is 7.21. The summed E-state index contributed by atoms with van der Waals surface area (Å²) in [5, 5.41) is 0.816. The molecule has 1 saturated carbocycles. The van der Waals surface area contributed by atoms with Crippen LogP contribution in [0.2, 0.25) is 0 Å². The number of aromatic nitrogens is 2. The summed E-state index contributed by atoms with van der Waals surface area (Å²) in [7, 11) is 0. The van der Waals surface area contributed by atoms with Gasteiger partial charge in [0.15, 0.2) is 5.13 Å². The number of piperazine rings is 1. The van der Waals surface area contributed by atoms with Crippen molar-refractivity contribution in [2.45, 2.75) is 51.4 Å². The summed E-state index contributed by atoms with van der Waals surface area (Å²) in [6, 6.07) is 12.0. The van der Waals surface area contributed by atoms with Crippen LogP contribution >= 0.6 is 11.3 Å². The van der Waals surface area contributed by atoms with Crippen LogP contribution in [-0.2, 0) is 11.3 Å². The number of hydrogen-bond donors (Lipinski definition) is 0. The molecule has 1 aliphatic carbocycles. The Morgan fingerprint density at radius 3 is 2.60 bits per heavy atom. The highest BCUT2D eigenvalue weighted by atomic mass is 32.1. The summed E-state index contributed by atoms with van der Waals surface area (Å²) >= 11 is 1.46. The third-order valence-corrected chi connectivity index (χ3v) is 8.60. The number of ether oxygens (including phenoxy) is 1. The van der Waals surface area contributed by atoms with Gasteiger partial charge in [-0.3, -0.25) is 9.80 Å². The molecule has 0 unspecified atom stereocenters. The predicted molar refractivity (Wildman–Crippen MR) is 134 cm³/mol. The average molecular weight is 496 g/mol. The monoisotopic (exact) mass is 495 g/mol. The molecule has 9 heteroatoms. The summed E-state index contributed by atoms with van der Waals surface area (Å²) in [6.07, 6.45) is 2.95. The van der Waals surface area contributed by atoms with E-state index in [2.05, 4.69) is 44.0 Å². The van der Waals surface area contributed by atoms with Crippen LogP contribution in [-0.4, -0.2) is 70.2 Å². The number of pyridine rings is 1. The molecule has 2 aliphatic heterocycles. The minimum absolute atomic E-state index is 0.0120. The molecule has 1 spiro atoms. The van der Waals surface area contributed by atoms with Crippen molar-refractivity contribution in [1.29, 1.82) is 0 Å². The first-order valence-electron chi connectivity index (χ1n) is 12.3. The van der Waals surface area contributed by atoms with Gasteiger partial charge in [-0.15, -0.1) is 0 Å². The number of carbonyl (C=O) groups excluding carboxylic acids is 1. The first-order valence-corrected chi connectivity index (χ1v) is 13.1. The lowest BCUT2D eigenvalue weighted by molar-refractivity contribution is -0.137. The molecule has 184 valence electrons. The smallest absolute Gasteiger partial charge is 0.410 e. The second-order valence-electron chi connectivity index (χ2n) is 10.5. The molecule has 35 heavy (non-hydrogen) atoms. The SMILES string of the molecule is C[C@@H]1CN(c2nc3cc(F)cnc3s2)C[C@H](C)N1C(=O)OC1CC2(C1)CN(Cc1ccccc1)C2. The van der Waals surface area contributed by atoms with Crippen molar-refractivity contribution in [2.24, 2.45) is 5.41 Å². The fourth-order valence-corrected chi connectivity index (χ4v) is 6.98. The Balaban J connectivity index is 1.00. The van der Waals surface area contributed by atoms with E-state index in [4.69, 9.17) is 4.74 Å². The number of nitrogens with zero attached hydrogens (tertiary/aromatic N) is 5. The van der Waals surface area contributed by atoms with Crippen molar-refractivity contribution in [1.82, 2.24) is 19.8 Å². The summed E-state index contributed by atoms with van der Waals surface area (Å²) in [4.78, 5) is 29.0. The molecule has 0 bridgehead atoms. The van der Waals surface area contributed by atoms with Gasteiger partial charge in [-0.1, -0.05) is 41.7 Å². The number of anilines is 1. The Hall–Kier alpha value is -2.78.